The Morgan fingerprint density at radius 3 is 2.50 bits per heavy atom. The number of rotatable bonds is 10. The summed E-state index contributed by atoms with van der Waals surface area (Å²) < 4.78 is 10.1. The van der Waals surface area contributed by atoms with Crippen molar-refractivity contribution in [2.45, 2.75) is 52.6 Å². The van der Waals surface area contributed by atoms with Gasteiger partial charge in [-0.15, -0.1) is 0 Å². The molecule has 0 fully saturated rings. The molecule has 0 heterocycles. The summed E-state index contributed by atoms with van der Waals surface area (Å²) in [7, 11) is 0. The molecular weight excluding hydrogens is 234 g/mol. The molecule has 1 amide bonds. The van der Waals surface area contributed by atoms with Gasteiger partial charge in [0.15, 0.2) is 0 Å². The Morgan fingerprint density at radius 2 is 1.89 bits per heavy atom. The molecule has 18 heavy (non-hydrogen) atoms. The second kappa shape index (κ2) is 11.0. The van der Waals surface area contributed by atoms with Crippen LogP contribution in [-0.2, 0) is 19.1 Å². The molecule has 0 aliphatic heterocycles. The third kappa shape index (κ3) is 11.4. The third-order valence-corrected chi connectivity index (χ3v) is 2.21. The maximum Gasteiger partial charge on any atom is 0.306 e. The minimum atomic E-state index is -0.321. The molecule has 0 aromatic heterocycles. The van der Waals surface area contributed by atoms with Crippen LogP contribution in [0.3, 0.4) is 0 Å². The molecule has 0 unspecified atom stereocenters. The van der Waals surface area contributed by atoms with Gasteiger partial charge in [-0.2, -0.15) is 0 Å². The summed E-state index contributed by atoms with van der Waals surface area (Å²) in [5, 5.41) is 2.77. The Morgan fingerprint density at radius 1 is 1.17 bits per heavy atom. The van der Waals surface area contributed by atoms with E-state index in [1.165, 1.54) is 0 Å². The minimum Gasteiger partial charge on any atom is -0.466 e. The Bertz CT molecular complexity index is 241. The fraction of sp³-hybridized carbons (Fsp3) is 0.846. The summed E-state index contributed by atoms with van der Waals surface area (Å²) in [6.45, 7) is 7.45. The van der Waals surface area contributed by atoms with E-state index < -0.39 is 0 Å². The van der Waals surface area contributed by atoms with E-state index in [2.05, 4.69) is 5.32 Å². The standard InChI is InChI=1S/C13H25NO4/c1-4-17-13(16)8-7-12(15)14-9-5-6-10-18-11(2)3/h11H,4-10H2,1-3H3,(H,14,15). The lowest BCUT2D eigenvalue weighted by atomic mass is 10.2. The van der Waals surface area contributed by atoms with Crippen LogP contribution in [0.5, 0.6) is 0 Å². The van der Waals surface area contributed by atoms with Crippen molar-refractivity contribution in [2.75, 3.05) is 19.8 Å². The average molecular weight is 259 g/mol. The highest BCUT2D eigenvalue weighted by Gasteiger charge is 2.06. The van der Waals surface area contributed by atoms with E-state index in [0.717, 1.165) is 19.4 Å². The van der Waals surface area contributed by atoms with Crippen molar-refractivity contribution in [3.8, 4) is 0 Å². The lowest BCUT2D eigenvalue weighted by molar-refractivity contribution is -0.144. The number of carbonyl (C=O) groups excluding carboxylic acids is 2. The van der Waals surface area contributed by atoms with Crippen molar-refractivity contribution >= 4 is 11.9 Å². The van der Waals surface area contributed by atoms with Gasteiger partial charge < -0.3 is 14.8 Å². The maximum atomic E-state index is 11.3. The van der Waals surface area contributed by atoms with Crippen molar-refractivity contribution in [3.63, 3.8) is 0 Å². The molecule has 0 aromatic carbocycles. The number of amides is 1. The van der Waals surface area contributed by atoms with Crippen LogP contribution in [0, 0.1) is 0 Å². The van der Waals surface area contributed by atoms with Crippen LogP contribution in [0.4, 0.5) is 0 Å². The van der Waals surface area contributed by atoms with Crippen LogP contribution in [0.25, 0.3) is 0 Å². The summed E-state index contributed by atoms with van der Waals surface area (Å²) in [5.41, 5.74) is 0. The highest BCUT2D eigenvalue weighted by atomic mass is 16.5. The highest BCUT2D eigenvalue weighted by molar-refractivity contribution is 5.81. The zero-order valence-corrected chi connectivity index (χ0v) is 11.7. The molecule has 0 saturated carbocycles. The first-order valence-corrected chi connectivity index (χ1v) is 6.60. The fourth-order valence-electron chi connectivity index (χ4n) is 1.31. The lowest BCUT2D eigenvalue weighted by Gasteiger charge is -2.08. The lowest BCUT2D eigenvalue weighted by Crippen LogP contribution is -2.25. The summed E-state index contributed by atoms with van der Waals surface area (Å²) in [6, 6.07) is 0. The van der Waals surface area contributed by atoms with Gasteiger partial charge in [0.25, 0.3) is 0 Å². The van der Waals surface area contributed by atoms with Crippen LogP contribution in [0.2, 0.25) is 0 Å². The highest BCUT2D eigenvalue weighted by Crippen LogP contribution is 1.95. The first-order chi connectivity index (χ1) is 8.56. The number of ether oxygens (including phenoxy) is 2. The second-order valence-electron chi connectivity index (χ2n) is 4.28. The number of esters is 1. The second-order valence-corrected chi connectivity index (χ2v) is 4.28. The average Bonchev–Trinajstić information content (AvgIpc) is 2.31. The summed E-state index contributed by atoms with van der Waals surface area (Å²) in [4.78, 5) is 22.4. The Kier molecular flexibility index (Phi) is 10.3. The number of hydrogen-bond acceptors (Lipinski definition) is 4. The van der Waals surface area contributed by atoms with Gasteiger partial charge in [-0.25, -0.2) is 0 Å². The quantitative estimate of drug-likeness (QED) is 0.478. The van der Waals surface area contributed by atoms with Crippen LogP contribution >= 0.6 is 0 Å². The normalized spacial score (nSPS) is 10.4. The molecule has 0 radical (unpaired) electrons. The molecule has 0 rings (SSSR count). The molecule has 0 saturated heterocycles. The van der Waals surface area contributed by atoms with Crippen LogP contribution in [0.1, 0.15) is 46.5 Å². The van der Waals surface area contributed by atoms with Gasteiger partial charge >= 0.3 is 5.97 Å². The van der Waals surface area contributed by atoms with Crippen LogP contribution < -0.4 is 5.32 Å². The molecule has 5 nitrogen and oxygen atoms in total. The number of nitrogens with one attached hydrogen (secondary N) is 1. The summed E-state index contributed by atoms with van der Waals surface area (Å²) in [6.07, 6.45) is 2.41. The van der Waals surface area contributed by atoms with Gasteiger partial charge in [-0.05, 0) is 33.6 Å². The first kappa shape index (κ1) is 16.9. The van der Waals surface area contributed by atoms with E-state index in [1.807, 2.05) is 13.8 Å². The van der Waals surface area contributed by atoms with E-state index in [4.69, 9.17) is 9.47 Å². The molecule has 0 aromatic rings. The zero-order valence-electron chi connectivity index (χ0n) is 11.7. The molecule has 106 valence electrons. The molecule has 0 atom stereocenters. The van der Waals surface area contributed by atoms with Crippen LogP contribution in [-0.4, -0.2) is 37.7 Å². The van der Waals surface area contributed by atoms with Crippen molar-refractivity contribution < 1.29 is 19.1 Å². The van der Waals surface area contributed by atoms with Crippen molar-refractivity contribution in [1.29, 1.82) is 0 Å². The molecular formula is C13H25NO4. The van der Waals surface area contributed by atoms with Gasteiger partial charge in [0.1, 0.15) is 0 Å². The SMILES string of the molecule is CCOC(=O)CCC(=O)NCCCCOC(C)C. The zero-order chi connectivity index (χ0) is 13.8. The fourth-order valence-corrected chi connectivity index (χ4v) is 1.31. The van der Waals surface area contributed by atoms with Gasteiger partial charge in [-0.3, -0.25) is 9.59 Å². The van der Waals surface area contributed by atoms with E-state index in [1.54, 1.807) is 6.92 Å². The molecule has 0 spiro atoms. The first-order valence-electron chi connectivity index (χ1n) is 6.60. The molecule has 0 aliphatic carbocycles. The van der Waals surface area contributed by atoms with E-state index in [-0.39, 0.29) is 30.8 Å². The van der Waals surface area contributed by atoms with Crippen molar-refractivity contribution in [3.05, 3.63) is 0 Å². The number of carbonyl (C=O) groups is 2. The van der Waals surface area contributed by atoms with Crippen molar-refractivity contribution in [1.82, 2.24) is 5.32 Å². The molecule has 1 N–H and O–H groups in total. The summed E-state index contributed by atoms with van der Waals surface area (Å²) >= 11 is 0. The van der Waals surface area contributed by atoms with Gasteiger partial charge in [-0.1, -0.05) is 0 Å². The summed E-state index contributed by atoms with van der Waals surface area (Å²) in [5.74, 6) is -0.425. The molecule has 5 heteroatoms. The van der Waals surface area contributed by atoms with E-state index >= 15 is 0 Å². The largest absolute Gasteiger partial charge is 0.466 e. The predicted octanol–water partition coefficient (Wildman–Crippen LogP) is 1.65. The predicted molar refractivity (Wildman–Crippen MR) is 69.2 cm³/mol. The number of hydrogen-bond donors (Lipinski definition) is 1. The van der Waals surface area contributed by atoms with Gasteiger partial charge in [0.2, 0.25) is 5.91 Å². The Balaban J connectivity index is 3.34. The van der Waals surface area contributed by atoms with Gasteiger partial charge in [0.05, 0.1) is 19.1 Å². The Hall–Kier alpha value is -1.10. The Labute approximate surface area is 109 Å². The van der Waals surface area contributed by atoms with Crippen molar-refractivity contribution in [2.24, 2.45) is 0 Å². The van der Waals surface area contributed by atoms with E-state index in [0.29, 0.717) is 13.2 Å². The monoisotopic (exact) mass is 259 g/mol. The number of unbranched alkanes of at least 4 members (excludes halogenated alkanes) is 1. The minimum absolute atomic E-state index is 0.104. The topological polar surface area (TPSA) is 64.6 Å². The third-order valence-electron chi connectivity index (χ3n) is 2.21. The van der Waals surface area contributed by atoms with Crippen LogP contribution in [0.15, 0.2) is 0 Å². The van der Waals surface area contributed by atoms with E-state index in [9.17, 15) is 9.59 Å². The molecule has 0 bridgehead atoms. The van der Waals surface area contributed by atoms with Gasteiger partial charge in [0, 0.05) is 19.6 Å². The maximum absolute atomic E-state index is 11.3. The molecule has 0 aliphatic rings. The smallest absolute Gasteiger partial charge is 0.306 e.